The summed E-state index contributed by atoms with van der Waals surface area (Å²) in [5.41, 5.74) is -0.180. The predicted molar refractivity (Wildman–Crippen MR) is 106 cm³/mol. The van der Waals surface area contributed by atoms with Crippen LogP contribution in [0.2, 0.25) is 0 Å². The summed E-state index contributed by atoms with van der Waals surface area (Å²) in [6, 6.07) is 6.80. The highest BCUT2D eigenvalue weighted by atomic mass is 32.2. The van der Waals surface area contributed by atoms with Crippen LogP contribution in [0.4, 0.5) is 14.5 Å². The second kappa shape index (κ2) is 8.77. The number of amides is 1. The minimum atomic E-state index is -0.685. The lowest BCUT2D eigenvalue weighted by Crippen LogP contribution is -2.18. The molecule has 1 aliphatic rings. The molecule has 0 spiro atoms. The topological polar surface area (TPSA) is 73.0 Å². The number of benzene rings is 1. The Balaban J connectivity index is 1.51. The summed E-state index contributed by atoms with van der Waals surface area (Å²) >= 11 is 1.22. The molecule has 1 amide bonds. The third kappa shape index (κ3) is 4.50. The smallest absolute Gasteiger partial charge is 0.234 e. The summed E-state index contributed by atoms with van der Waals surface area (Å²) in [6.07, 6.45) is 7.08. The van der Waals surface area contributed by atoms with Crippen molar-refractivity contribution < 1.29 is 18.0 Å². The number of thioether (sulfide) groups is 1. The third-order valence-electron chi connectivity index (χ3n) is 4.88. The van der Waals surface area contributed by atoms with Gasteiger partial charge in [-0.3, -0.25) is 9.36 Å². The molecule has 0 bridgehead atoms. The zero-order valence-electron chi connectivity index (χ0n) is 15.6. The minimum Gasteiger partial charge on any atom is -0.461 e. The van der Waals surface area contributed by atoms with Gasteiger partial charge in [-0.15, -0.1) is 10.2 Å². The van der Waals surface area contributed by atoms with Crippen molar-refractivity contribution >= 4 is 23.4 Å². The number of carbonyl (C=O) groups is 1. The second-order valence-corrected chi connectivity index (χ2v) is 7.85. The van der Waals surface area contributed by atoms with E-state index in [0.29, 0.717) is 16.7 Å². The number of rotatable bonds is 6. The standard InChI is InChI=1S/C20H20F2N4O2S/c21-13-8-9-15(22)16(11-13)23-18(27)12-29-20-25-24-19(17-7-4-10-28-17)26(20)14-5-2-1-3-6-14/h4,7-11,14H,1-3,5-6,12H2,(H,23,27). The number of hydrogen-bond acceptors (Lipinski definition) is 5. The zero-order chi connectivity index (χ0) is 20.2. The largest absolute Gasteiger partial charge is 0.461 e. The Bertz CT molecular complexity index is 985. The van der Waals surface area contributed by atoms with Crippen LogP contribution in [-0.2, 0) is 4.79 Å². The quantitative estimate of drug-likeness (QED) is 0.567. The van der Waals surface area contributed by atoms with Gasteiger partial charge in [-0.1, -0.05) is 31.0 Å². The maximum absolute atomic E-state index is 13.7. The number of furan rings is 1. The first kappa shape index (κ1) is 19.6. The summed E-state index contributed by atoms with van der Waals surface area (Å²) in [7, 11) is 0. The molecule has 0 radical (unpaired) electrons. The van der Waals surface area contributed by atoms with Crippen molar-refractivity contribution in [2.24, 2.45) is 0 Å². The van der Waals surface area contributed by atoms with Crippen molar-refractivity contribution in [3.63, 3.8) is 0 Å². The molecular weight excluding hydrogens is 398 g/mol. The molecule has 1 aromatic carbocycles. The maximum atomic E-state index is 13.7. The number of anilines is 1. The molecule has 6 nitrogen and oxygen atoms in total. The number of hydrogen-bond donors (Lipinski definition) is 1. The Hall–Kier alpha value is -2.68. The molecule has 4 rings (SSSR count). The van der Waals surface area contributed by atoms with Crippen LogP contribution in [-0.4, -0.2) is 26.4 Å². The minimum absolute atomic E-state index is 0.00103. The summed E-state index contributed by atoms with van der Waals surface area (Å²) < 4.78 is 34.6. The Morgan fingerprint density at radius 3 is 2.79 bits per heavy atom. The number of halogens is 2. The Kier molecular flexibility index (Phi) is 5.94. The lowest BCUT2D eigenvalue weighted by atomic mass is 9.95. The fraction of sp³-hybridized carbons (Fsp3) is 0.350. The SMILES string of the molecule is O=C(CSc1nnc(-c2ccco2)n1C1CCCCC1)Nc1cc(F)ccc1F. The lowest BCUT2D eigenvalue weighted by Gasteiger charge is -2.25. The van der Waals surface area contributed by atoms with Crippen LogP contribution < -0.4 is 5.32 Å². The van der Waals surface area contributed by atoms with Crippen LogP contribution in [0.15, 0.2) is 46.2 Å². The van der Waals surface area contributed by atoms with E-state index in [9.17, 15) is 13.6 Å². The second-order valence-electron chi connectivity index (χ2n) is 6.91. The van der Waals surface area contributed by atoms with E-state index in [0.717, 1.165) is 43.9 Å². The number of nitrogens with one attached hydrogen (secondary N) is 1. The van der Waals surface area contributed by atoms with Crippen LogP contribution in [0.25, 0.3) is 11.6 Å². The summed E-state index contributed by atoms with van der Waals surface area (Å²) in [5, 5.41) is 11.6. The number of aromatic nitrogens is 3. The van der Waals surface area contributed by atoms with Gasteiger partial charge < -0.3 is 9.73 Å². The normalized spacial score (nSPS) is 14.8. The van der Waals surface area contributed by atoms with Crippen LogP contribution in [0.1, 0.15) is 38.1 Å². The van der Waals surface area contributed by atoms with Crippen molar-refractivity contribution in [3.05, 3.63) is 48.2 Å². The summed E-state index contributed by atoms with van der Waals surface area (Å²) in [6.45, 7) is 0. The van der Waals surface area contributed by atoms with Gasteiger partial charge in [0.15, 0.2) is 10.9 Å². The molecule has 2 heterocycles. The van der Waals surface area contributed by atoms with Crippen LogP contribution in [0.3, 0.4) is 0 Å². The van der Waals surface area contributed by atoms with Gasteiger partial charge in [0.1, 0.15) is 11.6 Å². The molecule has 0 saturated heterocycles. The van der Waals surface area contributed by atoms with Crippen molar-refractivity contribution in [1.82, 2.24) is 14.8 Å². The fourth-order valence-electron chi connectivity index (χ4n) is 3.53. The van der Waals surface area contributed by atoms with E-state index in [1.165, 1.54) is 18.2 Å². The van der Waals surface area contributed by atoms with E-state index in [-0.39, 0.29) is 17.5 Å². The van der Waals surface area contributed by atoms with Gasteiger partial charge in [0.2, 0.25) is 11.7 Å². The summed E-state index contributed by atoms with van der Waals surface area (Å²) in [5.74, 6) is -0.483. The molecule has 9 heteroatoms. The first-order valence-electron chi connectivity index (χ1n) is 9.48. The molecule has 1 fully saturated rings. The predicted octanol–water partition coefficient (Wildman–Crippen LogP) is 5.05. The molecule has 0 unspecified atom stereocenters. The number of nitrogens with zero attached hydrogens (tertiary/aromatic N) is 3. The van der Waals surface area contributed by atoms with Gasteiger partial charge >= 0.3 is 0 Å². The van der Waals surface area contributed by atoms with Gasteiger partial charge in [0.05, 0.1) is 17.7 Å². The first-order chi connectivity index (χ1) is 14.1. The van der Waals surface area contributed by atoms with Crippen molar-refractivity contribution in [1.29, 1.82) is 0 Å². The Morgan fingerprint density at radius 2 is 2.03 bits per heavy atom. The average molecular weight is 418 g/mol. The third-order valence-corrected chi connectivity index (χ3v) is 5.82. The van der Waals surface area contributed by atoms with Gasteiger partial charge in [-0.05, 0) is 37.1 Å². The number of carbonyl (C=O) groups excluding carboxylic acids is 1. The lowest BCUT2D eigenvalue weighted by molar-refractivity contribution is -0.113. The maximum Gasteiger partial charge on any atom is 0.234 e. The zero-order valence-corrected chi connectivity index (χ0v) is 16.4. The molecule has 3 aromatic rings. The van der Waals surface area contributed by atoms with Crippen LogP contribution in [0, 0.1) is 11.6 Å². The average Bonchev–Trinajstić information content (AvgIpc) is 3.39. The van der Waals surface area contributed by atoms with E-state index < -0.39 is 17.5 Å². The van der Waals surface area contributed by atoms with Gasteiger partial charge in [0.25, 0.3) is 0 Å². The molecule has 1 N–H and O–H groups in total. The fourth-order valence-corrected chi connectivity index (χ4v) is 4.33. The summed E-state index contributed by atoms with van der Waals surface area (Å²) in [4.78, 5) is 12.3. The van der Waals surface area contributed by atoms with E-state index >= 15 is 0 Å². The highest BCUT2D eigenvalue weighted by Gasteiger charge is 2.25. The van der Waals surface area contributed by atoms with Crippen LogP contribution in [0.5, 0.6) is 0 Å². The van der Waals surface area contributed by atoms with E-state index in [1.54, 1.807) is 12.3 Å². The van der Waals surface area contributed by atoms with E-state index in [1.807, 2.05) is 10.6 Å². The monoisotopic (exact) mass is 418 g/mol. The molecule has 2 aromatic heterocycles. The first-order valence-corrected chi connectivity index (χ1v) is 10.5. The van der Waals surface area contributed by atoms with Gasteiger partial charge in [-0.2, -0.15) is 0 Å². The molecule has 1 saturated carbocycles. The molecule has 29 heavy (non-hydrogen) atoms. The molecular formula is C20H20F2N4O2S. The van der Waals surface area contributed by atoms with Crippen molar-refractivity contribution in [3.8, 4) is 11.6 Å². The van der Waals surface area contributed by atoms with Crippen molar-refractivity contribution in [2.45, 2.75) is 43.3 Å². The molecule has 1 aliphatic carbocycles. The van der Waals surface area contributed by atoms with Gasteiger partial charge in [0, 0.05) is 12.1 Å². The van der Waals surface area contributed by atoms with Crippen LogP contribution >= 0.6 is 11.8 Å². The van der Waals surface area contributed by atoms with E-state index in [4.69, 9.17) is 4.42 Å². The van der Waals surface area contributed by atoms with E-state index in [2.05, 4.69) is 15.5 Å². The Labute approximate surface area is 170 Å². The van der Waals surface area contributed by atoms with Gasteiger partial charge in [-0.25, -0.2) is 8.78 Å². The Morgan fingerprint density at radius 1 is 1.21 bits per heavy atom. The molecule has 152 valence electrons. The highest BCUT2D eigenvalue weighted by Crippen LogP contribution is 2.35. The highest BCUT2D eigenvalue weighted by molar-refractivity contribution is 7.99. The molecule has 0 atom stereocenters. The van der Waals surface area contributed by atoms with Crippen molar-refractivity contribution in [2.75, 3.05) is 11.1 Å². The molecule has 0 aliphatic heterocycles.